The third-order valence-corrected chi connectivity index (χ3v) is 4.98. The van der Waals surface area contributed by atoms with Gasteiger partial charge in [-0.25, -0.2) is 0 Å². The second-order valence-corrected chi connectivity index (χ2v) is 7.32. The molecule has 0 saturated carbocycles. The number of rotatable bonds is 5. The molecule has 0 N–H and O–H groups in total. The zero-order chi connectivity index (χ0) is 20.2. The molecular formula is C27H24O2. The van der Waals surface area contributed by atoms with Gasteiger partial charge >= 0.3 is 0 Å². The summed E-state index contributed by atoms with van der Waals surface area (Å²) in [6.07, 6.45) is 0. The van der Waals surface area contributed by atoms with Crippen LogP contribution >= 0.6 is 0 Å². The summed E-state index contributed by atoms with van der Waals surface area (Å²) >= 11 is 0. The number of benzene rings is 4. The molecule has 0 radical (unpaired) electrons. The van der Waals surface area contributed by atoms with Gasteiger partial charge in [-0.05, 0) is 97.1 Å². The minimum absolute atomic E-state index is 0.828. The molecule has 0 atom stereocenters. The van der Waals surface area contributed by atoms with Crippen LogP contribution in [0.3, 0.4) is 0 Å². The lowest BCUT2D eigenvalue weighted by Gasteiger charge is -2.10. The van der Waals surface area contributed by atoms with E-state index >= 15 is 0 Å². The molecule has 2 nitrogen and oxygen atoms in total. The van der Waals surface area contributed by atoms with Gasteiger partial charge < -0.3 is 9.47 Å². The maximum absolute atomic E-state index is 5.98. The van der Waals surface area contributed by atoms with Gasteiger partial charge in [-0.3, -0.25) is 0 Å². The van der Waals surface area contributed by atoms with Crippen molar-refractivity contribution in [2.75, 3.05) is 0 Å². The lowest BCUT2D eigenvalue weighted by Crippen LogP contribution is -1.87. The van der Waals surface area contributed by atoms with E-state index in [1.54, 1.807) is 0 Å². The molecule has 29 heavy (non-hydrogen) atoms. The first-order valence-corrected chi connectivity index (χ1v) is 9.77. The van der Waals surface area contributed by atoms with E-state index in [1.807, 2.05) is 48.5 Å². The minimum Gasteiger partial charge on any atom is -0.457 e. The summed E-state index contributed by atoms with van der Waals surface area (Å²) < 4.78 is 11.9. The Morgan fingerprint density at radius 1 is 0.448 bits per heavy atom. The van der Waals surface area contributed by atoms with Gasteiger partial charge in [0.1, 0.15) is 23.0 Å². The Labute approximate surface area is 172 Å². The summed E-state index contributed by atoms with van der Waals surface area (Å²) in [6.45, 7) is 6.26. The summed E-state index contributed by atoms with van der Waals surface area (Å²) in [7, 11) is 0. The number of hydrogen-bond acceptors (Lipinski definition) is 2. The SMILES string of the molecule is Cc1cccc(Oc2ccc(-c3ccc(Oc4ccc(C)c(C)c4)cc3)cc2)c1. The molecule has 0 spiro atoms. The second kappa shape index (κ2) is 8.24. The van der Waals surface area contributed by atoms with Gasteiger partial charge in [-0.2, -0.15) is 0 Å². The van der Waals surface area contributed by atoms with Crippen molar-refractivity contribution in [1.82, 2.24) is 0 Å². The third kappa shape index (κ3) is 4.67. The minimum atomic E-state index is 0.828. The summed E-state index contributed by atoms with van der Waals surface area (Å²) in [5.41, 5.74) is 5.95. The standard InChI is InChI=1S/C27H24O2/c1-19-5-4-6-26(17-19)28-24-13-8-22(9-14-24)23-10-15-25(16-11-23)29-27-12-7-20(2)21(3)18-27/h4-18H,1-3H3. The average Bonchev–Trinajstić information content (AvgIpc) is 2.72. The van der Waals surface area contributed by atoms with Crippen LogP contribution in [0.2, 0.25) is 0 Å². The molecule has 0 aliphatic rings. The van der Waals surface area contributed by atoms with Crippen LogP contribution in [0.1, 0.15) is 16.7 Å². The Hall–Kier alpha value is -3.52. The van der Waals surface area contributed by atoms with Crippen molar-refractivity contribution in [1.29, 1.82) is 0 Å². The van der Waals surface area contributed by atoms with Crippen LogP contribution in [0.4, 0.5) is 0 Å². The van der Waals surface area contributed by atoms with Crippen molar-refractivity contribution < 1.29 is 9.47 Å². The molecule has 0 aliphatic carbocycles. The topological polar surface area (TPSA) is 18.5 Å². The molecule has 0 fully saturated rings. The monoisotopic (exact) mass is 380 g/mol. The Morgan fingerprint density at radius 2 is 0.966 bits per heavy atom. The van der Waals surface area contributed by atoms with Gasteiger partial charge in [0.05, 0.1) is 0 Å². The van der Waals surface area contributed by atoms with Crippen molar-refractivity contribution >= 4 is 0 Å². The lowest BCUT2D eigenvalue weighted by molar-refractivity contribution is 0.481. The Bertz CT molecular complexity index is 1110. The maximum atomic E-state index is 5.98. The van der Waals surface area contributed by atoms with E-state index < -0.39 is 0 Å². The van der Waals surface area contributed by atoms with Crippen molar-refractivity contribution in [3.63, 3.8) is 0 Å². The highest BCUT2D eigenvalue weighted by Gasteiger charge is 2.03. The quantitative estimate of drug-likeness (QED) is 0.351. The van der Waals surface area contributed by atoms with Crippen molar-refractivity contribution in [2.45, 2.75) is 20.8 Å². The number of aryl methyl sites for hydroxylation is 3. The summed E-state index contributed by atoms with van der Waals surface area (Å²) in [5, 5.41) is 0. The highest BCUT2D eigenvalue weighted by atomic mass is 16.5. The zero-order valence-electron chi connectivity index (χ0n) is 17.0. The van der Waals surface area contributed by atoms with Crippen LogP contribution < -0.4 is 9.47 Å². The molecule has 0 bridgehead atoms. The van der Waals surface area contributed by atoms with Crippen LogP contribution in [-0.2, 0) is 0 Å². The summed E-state index contributed by atoms with van der Waals surface area (Å²) in [4.78, 5) is 0. The second-order valence-electron chi connectivity index (χ2n) is 7.32. The predicted molar refractivity (Wildman–Crippen MR) is 119 cm³/mol. The zero-order valence-corrected chi connectivity index (χ0v) is 17.0. The molecule has 4 rings (SSSR count). The van der Waals surface area contributed by atoms with E-state index in [-0.39, 0.29) is 0 Å². The summed E-state index contributed by atoms with van der Waals surface area (Å²) in [6, 6.07) is 30.5. The normalized spacial score (nSPS) is 10.6. The van der Waals surface area contributed by atoms with Crippen LogP contribution in [0, 0.1) is 20.8 Å². The molecule has 0 aliphatic heterocycles. The molecule has 144 valence electrons. The van der Waals surface area contributed by atoms with E-state index in [0.29, 0.717) is 0 Å². The first kappa shape index (κ1) is 18.8. The van der Waals surface area contributed by atoms with E-state index in [9.17, 15) is 0 Å². The molecule has 0 amide bonds. The van der Waals surface area contributed by atoms with Crippen molar-refractivity contribution in [3.05, 3.63) is 108 Å². The fourth-order valence-electron chi connectivity index (χ4n) is 3.16. The van der Waals surface area contributed by atoms with E-state index in [1.165, 1.54) is 16.7 Å². The lowest BCUT2D eigenvalue weighted by atomic mass is 10.1. The van der Waals surface area contributed by atoms with Crippen LogP contribution in [0.25, 0.3) is 11.1 Å². The molecular weight excluding hydrogens is 356 g/mol. The van der Waals surface area contributed by atoms with Gasteiger partial charge in [0, 0.05) is 0 Å². The van der Waals surface area contributed by atoms with Crippen LogP contribution in [-0.4, -0.2) is 0 Å². The molecule has 4 aromatic rings. The average molecular weight is 380 g/mol. The molecule has 4 aromatic carbocycles. The van der Waals surface area contributed by atoms with Gasteiger partial charge in [0.2, 0.25) is 0 Å². The Kier molecular flexibility index (Phi) is 5.35. The van der Waals surface area contributed by atoms with Crippen molar-refractivity contribution in [3.8, 4) is 34.1 Å². The Morgan fingerprint density at radius 3 is 1.48 bits per heavy atom. The van der Waals surface area contributed by atoms with Crippen LogP contribution in [0.5, 0.6) is 23.0 Å². The highest BCUT2D eigenvalue weighted by Crippen LogP contribution is 2.29. The van der Waals surface area contributed by atoms with Gasteiger partial charge in [-0.15, -0.1) is 0 Å². The van der Waals surface area contributed by atoms with E-state index in [4.69, 9.17) is 9.47 Å². The van der Waals surface area contributed by atoms with E-state index in [2.05, 4.69) is 63.2 Å². The van der Waals surface area contributed by atoms with Crippen molar-refractivity contribution in [2.24, 2.45) is 0 Å². The molecule has 0 unspecified atom stereocenters. The molecule has 0 aromatic heterocycles. The first-order valence-electron chi connectivity index (χ1n) is 9.77. The molecule has 2 heteroatoms. The largest absolute Gasteiger partial charge is 0.457 e. The van der Waals surface area contributed by atoms with Gasteiger partial charge in [0.25, 0.3) is 0 Å². The fourth-order valence-corrected chi connectivity index (χ4v) is 3.16. The van der Waals surface area contributed by atoms with Gasteiger partial charge in [0.15, 0.2) is 0 Å². The van der Waals surface area contributed by atoms with E-state index in [0.717, 1.165) is 34.1 Å². The Balaban J connectivity index is 1.45. The predicted octanol–water partition coefficient (Wildman–Crippen LogP) is 7.86. The number of hydrogen-bond donors (Lipinski definition) is 0. The molecule has 0 heterocycles. The fraction of sp³-hybridized carbons (Fsp3) is 0.111. The smallest absolute Gasteiger partial charge is 0.127 e. The van der Waals surface area contributed by atoms with Gasteiger partial charge in [-0.1, -0.05) is 42.5 Å². The number of ether oxygens (including phenoxy) is 2. The first-order chi connectivity index (χ1) is 14.1. The summed E-state index contributed by atoms with van der Waals surface area (Å²) in [5.74, 6) is 3.37. The maximum Gasteiger partial charge on any atom is 0.127 e. The van der Waals surface area contributed by atoms with Crippen LogP contribution in [0.15, 0.2) is 91.0 Å². The third-order valence-electron chi connectivity index (χ3n) is 4.98. The molecule has 0 saturated heterocycles. The highest BCUT2D eigenvalue weighted by molar-refractivity contribution is 5.65.